The standard InChI is InChI=1S/C39H63N2O6P/c1-4-7-9-10-11-12-13-14-15-16-17-18-19-21-39(42)41-35(27-30-48(43,44)47-6-3)31-34-22-24-37(25-23-34)46-33-36-32-38(26-28-40-36)45-29-20-8-5-2/h22-28,30,32,35H,4-21,29,31,33H2,1-3H3,(H,41,42)(H,43,44)/b30-27+/t35-/m0/s1. The average molecular weight is 687 g/mol. The molecule has 1 amide bonds. The summed E-state index contributed by atoms with van der Waals surface area (Å²) in [6, 6.07) is 11.0. The van der Waals surface area contributed by atoms with Crippen LogP contribution in [0.1, 0.15) is 141 Å². The number of amides is 1. The second-order valence-corrected chi connectivity index (χ2v) is 14.3. The van der Waals surface area contributed by atoms with E-state index in [0.29, 0.717) is 31.8 Å². The fraction of sp³-hybridized carbons (Fsp3) is 0.641. The average Bonchev–Trinajstić information content (AvgIpc) is 3.07. The van der Waals surface area contributed by atoms with Crippen molar-refractivity contribution < 1.29 is 28.3 Å². The zero-order valence-electron chi connectivity index (χ0n) is 30.0. The van der Waals surface area contributed by atoms with E-state index in [1.807, 2.05) is 36.4 Å². The molecule has 0 radical (unpaired) electrons. The number of rotatable bonds is 29. The molecule has 1 aromatic heterocycles. The maximum Gasteiger partial charge on any atom is 0.351 e. The minimum atomic E-state index is -3.87. The van der Waals surface area contributed by atoms with Gasteiger partial charge < -0.3 is 24.2 Å². The van der Waals surface area contributed by atoms with Gasteiger partial charge in [-0.3, -0.25) is 14.3 Å². The van der Waals surface area contributed by atoms with Gasteiger partial charge in [-0.2, -0.15) is 0 Å². The SMILES string of the molecule is CCCCCCCCCCCCCCCC(=O)N[C@@H](/C=C/P(=O)(O)OCC)Cc1ccc(OCc2cc(OCCCCC)ccn2)cc1. The van der Waals surface area contributed by atoms with Crippen molar-refractivity contribution in [1.82, 2.24) is 10.3 Å². The summed E-state index contributed by atoms with van der Waals surface area (Å²) in [5, 5.41) is 3.05. The van der Waals surface area contributed by atoms with Gasteiger partial charge in [-0.25, -0.2) is 0 Å². The Hall–Kier alpha value is -2.67. The summed E-state index contributed by atoms with van der Waals surface area (Å²) >= 11 is 0. The van der Waals surface area contributed by atoms with Gasteiger partial charge in [0, 0.05) is 24.5 Å². The summed E-state index contributed by atoms with van der Waals surface area (Å²) in [5.41, 5.74) is 1.74. The quantitative estimate of drug-likeness (QED) is 0.0648. The van der Waals surface area contributed by atoms with Crippen LogP contribution in [0, 0.1) is 0 Å². The number of nitrogens with zero attached hydrogens (tertiary/aromatic N) is 1. The molecule has 0 aliphatic rings. The van der Waals surface area contributed by atoms with E-state index in [1.165, 1.54) is 70.0 Å². The number of nitrogens with one attached hydrogen (secondary N) is 1. The summed E-state index contributed by atoms with van der Waals surface area (Å²) in [6.45, 7) is 7.23. The van der Waals surface area contributed by atoms with Crippen LogP contribution in [0.15, 0.2) is 54.5 Å². The van der Waals surface area contributed by atoms with E-state index >= 15 is 0 Å². The van der Waals surface area contributed by atoms with Gasteiger partial charge in [-0.05, 0) is 49.9 Å². The molecular weight excluding hydrogens is 623 g/mol. The Kier molecular flexibility index (Phi) is 22.7. The Morgan fingerprint density at radius 3 is 2.04 bits per heavy atom. The molecule has 0 aliphatic heterocycles. The predicted octanol–water partition coefficient (Wildman–Crippen LogP) is 10.5. The highest BCUT2D eigenvalue weighted by Crippen LogP contribution is 2.43. The van der Waals surface area contributed by atoms with Crippen LogP contribution >= 0.6 is 7.60 Å². The number of ether oxygens (including phenoxy) is 2. The fourth-order valence-electron chi connectivity index (χ4n) is 5.49. The smallest absolute Gasteiger partial charge is 0.351 e. The molecule has 0 bridgehead atoms. The topological polar surface area (TPSA) is 107 Å². The zero-order chi connectivity index (χ0) is 34.7. The highest BCUT2D eigenvalue weighted by atomic mass is 31.2. The molecule has 48 heavy (non-hydrogen) atoms. The number of carbonyl (C=O) groups excluding carboxylic acids is 1. The molecule has 8 nitrogen and oxygen atoms in total. The lowest BCUT2D eigenvalue weighted by molar-refractivity contribution is -0.121. The van der Waals surface area contributed by atoms with Crippen LogP contribution in [0.3, 0.4) is 0 Å². The number of aromatic nitrogens is 1. The van der Waals surface area contributed by atoms with Crippen molar-refractivity contribution >= 4 is 13.5 Å². The molecule has 2 rings (SSSR count). The molecular formula is C39H63N2O6P. The molecule has 0 saturated carbocycles. The first-order valence-electron chi connectivity index (χ1n) is 18.6. The van der Waals surface area contributed by atoms with E-state index in [9.17, 15) is 14.3 Å². The van der Waals surface area contributed by atoms with Gasteiger partial charge in [0.25, 0.3) is 0 Å². The first-order valence-corrected chi connectivity index (χ1v) is 20.2. The molecule has 0 saturated heterocycles. The maximum absolute atomic E-state index is 12.8. The van der Waals surface area contributed by atoms with Crippen LogP contribution in [0.4, 0.5) is 0 Å². The third-order valence-corrected chi connectivity index (χ3v) is 9.42. The van der Waals surface area contributed by atoms with Crippen LogP contribution in [0.5, 0.6) is 11.5 Å². The van der Waals surface area contributed by atoms with Crippen molar-refractivity contribution in [3.8, 4) is 11.5 Å². The third-order valence-electron chi connectivity index (χ3n) is 8.24. The first-order chi connectivity index (χ1) is 23.3. The second-order valence-electron chi connectivity index (χ2n) is 12.7. The van der Waals surface area contributed by atoms with Crippen molar-refractivity contribution in [3.05, 3.63) is 65.7 Å². The second kappa shape index (κ2) is 26.2. The zero-order valence-corrected chi connectivity index (χ0v) is 30.9. The molecule has 0 aliphatic carbocycles. The Morgan fingerprint density at radius 1 is 0.812 bits per heavy atom. The largest absolute Gasteiger partial charge is 0.493 e. The van der Waals surface area contributed by atoms with E-state index < -0.39 is 13.6 Å². The summed E-state index contributed by atoms with van der Waals surface area (Å²) in [5.74, 6) is 2.62. The Labute approximate surface area is 291 Å². The lowest BCUT2D eigenvalue weighted by Crippen LogP contribution is -2.34. The lowest BCUT2D eigenvalue weighted by Gasteiger charge is -2.17. The van der Waals surface area contributed by atoms with Gasteiger partial charge >= 0.3 is 7.60 Å². The number of unbranched alkanes of at least 4 members (excludes halogenated alkanes) is 14. The number of benzene rings is 1. The van der Waals surface area contributed by atoms with Gasteiger partial charge in [0.1, 0.15) is 18.1 Å². The van der Waals surface area contributed by atoms with Gasteiger partial charge in [0.05, 0.1) is 24.9 Å². The molecule has 1 unspecified atom stereocenters. The summed E-state index contributed by atoms with van der Waals surface area (Å²) in [6.07, 6.45) is 23.9. The van der Waals surface area contributed by atoms with Gasteiger partial charge in [0.15, 0.2) is 0 Å². The number of hydrogen-bond acceptors (Lipinski definition) is 6. The molecule has 2 aromatic rings. The van der Waals surface area contributed by atoms with Gasteiger partial charge in [-0.1, -0.05) is 122 Å². The Morgan fingerprint density at radius 2 is 1.42 bits per heavy atom. The Balaban J connectivity index is 1.79. The van der Waals surface area contributed by atoms with Crippen molar-refractivity contribution in [1.29, 1.82) is 0 Å². The van der Waals surface area contributed by atoms with Crippen LogP contribution in [-0.2, 0) is 26.9 Å². The third kappa shape index (κ3) is 20.6. The molecule has 0 spiro atoms. The van der Waals surface area contributed by atoms with Crippen LogP contribution in [0.25, 0.3) is 0 Å². The van der Waals surface area contributed by atoms with E-state index in [-0.39, 0.29) is 12.5 Å². The maximum atomic E-state index is 12.8. The van der Waals surface area contributed by atoms with E-state index in [1.54, 1.807) is 19.2 Å². The molecule has 2 N–H and O–H groups in total. The van der Waals surface area contributed by atoms with Crippen molar-refractivity contribution in [2.75, 3.05) is 13.2 Å². The number of carbonyl (C=O) groups is 1. The van der Waals surface area contributed by atoms with Crippen molar-refractivity contribution in [2.24, 2.45) is 0 Å². The predicted molar refractivity (Wildman–Crippen MR) is 197 cm³/mol. The number of hydrogen-bond donors (Lipinski definition) is 2. The summed E-state index contributed by atoms with van der Waals surface area (Å²) in [4.78, 5) is 27.3. The molecule has 270 valence electrons. The van der Waals surface area contributed by atoms with E-state index in [2.05, 4.69) is 24.1 Å². The van der Waals surface area contributed by atoms with Gasteiger partial charge in [0.2, 0.25) is 5.91 Å². The molecule has 2 atom stereocenters. The van der Waals surface area contributed by atoms with Crippen molar-refractivity contribution in [3.63, 3.8) is 0 Å². The van der Waals surface area contributed by atoms with E-state index in [4.69, 9.17) is 14.0 Å². The fourth-order valence-corrected chi connectivity index (χ4v) is 6.37. The van der Waals surface area contributed by atoms with E-state index in [0.717, 1.165) is 55.5 Å². The minimum absolute atomic E-state index is 0.0547. The highest BCUT2D eigenvalue weighted by Gasteiger charge is 2.17. The van der Waals surface area contributed by atoms with Crippen molar-refractivity contribution in [2.45, 2.75) is 149 Å². The number of pyridine rings is 1. The summed E-state index contributed by atoms with van der Waals surface area (Å²) < 4.78 is 29.1. The first kappa shape index (κ1) is 41.5. The monoisotopic (exact) mass is 686 g/mol. The van der Waals surface area contributed by atoms with Gasteiger partial charge in [-0.15, -0.1) is 0 Å². The molecule has 1 aromatic carbocycles. The van der Waals surface area contributed by atoms with Crippen LogP contribution in [-0.4, -0.2) is 35.0 Å². The molecule has 1 heterocycles. The van der Waals surface area contributed by atoms with Crippen LogP contribution < -0.4 is 14.8 Å². The summed E-state index contributed by atoms with van der Waals surface area (Å²) in [7, 11) is -3.87. The lowest BCUT2D eigenvalue weighted by atomic mass is 10.0. The van der Waals surface area contributed by atoms with Crippen LogP contribution in [0.2, 0.25) is 0 Å². The minimum Gasteiger partial charge on any atom is -0.493 e. The molecule has 9 heteroatoms. The highest BCUT2D eigenvalue weighted by molar-refractivity contribution is 7.56. The Bertz CT molecular complexity index is 1190. The molecule has 0 fully saturated rings. The normalized spacial score (nSPS) is 13.3.